The highest BCUT2D eigenvalue weighted by atomic mass is 32.1. The van der Waals surface area contributed by atoms with E-state index in [0.717, 1.165) is 43.3 Å². The fourth-order valence-corrected chi connectivity index (χ4v) is 4.28. The Morgan fingerprint density at radius 2 is 1.83 bits per heavy atom. The largest absolute Gasteiger partial charge is 0.323 e. The lowest BCUT2D eigenvalue weighted by atomic mass is 10.1. The lowest BCUT2D eigenvalue weighted by Crippen LogP contribution is -2.43. The molecule has 0 saturated carbocycles. The van der Waals surface area contributed by atoms with Gasteiger partial charge in [-0.05, 0) is 24.7 Å². The van der Waals surface area contributed by atoms with E-state index in [2.05, 4.69) is 51.4 Å². The van der Waals surface area contributed by atoms with E-state index >= 15 is 0 Å². The number of nitrogens with zero attached hydrogens (tertiary/aromatic N) is 3. The second-order valence-electron chi connectivity index (χ2n) is 7.63. The fourth-order valence-electron chi connectivity index (χ4n) is 3.46. The Labute approximate surface area is 180 Å². The normalized spacial score (nSPS) is 15.3. The summed E-state index contributed by atoms with van der Waals surface area (Å²) < 4.78 is 13.7. The number of aromatic nitrogens is 1. The number of nitrogens with one attached hydrogen (secondary N) is 1. The van der Waals surface area contributed by atoms with Crippen LogP contribution in [0.4, 0.5) is 10.1 Å². The van der Waals surface area contributed by atoms with Gasteiger partial charge in [0.2, 0.25) is 5.91 Å². The summed E-state index contributed by atoms with van der Waals surface area (Å²) in [7, 11) is 2.16. The molecule has 1 amide bonds. The zero-order valence-electron chi connectivity index (χ0n) is 17.0. The standard InChI is InChI=1S/C23H25FN4OS/c1-27-10-12-28(13-11-27)15-17-6-8-18(9-7-17)23-25-19(16-30-23)14-22(29)26-21-5-3-2-4-20(21)24/h2-9,16H,10-15H2,1H3,(H,26,29). The number of hydrogen-bond acceptors (Lipinski definition) is 5. The van der Waals surface area contributed by atoms with Crippen molar-refractivity contribution in [3.8, 4) is 10.6 Å². The summed E-state index contributed by atoms with van der Waals surface area (Å²) in [5.74, 6) is -0.721. The molecule has 1 aliphatic heterocycles. The predicted molar refractivity (Wildman–Crippen MR) is 119 cm³/mol. The number of carbonyl (C=O) groups excluding carboxylic acids is 1. The molecule has 1 aromatic heterocycles. The Bertz CT molecular complexity index is 996. The average molecular weight is 425 g/mol. The Morgan fingerprint density at radius 3 is 2.57 bits per heavy atom. The van der Waals surface area contributed by atoms with Crippen LogP contribution < -0.4 is 5.32 Å². The number of hydrogen-bond donors (Lipinski definition) is 1. The number of rotatable bonds is 6. The van der Waals surface area contributed by atoms with Crippen molar-refractivity contribution in [2.45, 2.75) is 13.0 Å². The number of carbonyl (C=O) groups is 1. The van der Waals surface area contributed by atoms with Gasteiger partial charge in [-0.2, -0.15) is 0 Å². The van der Waals surface area contributed by atoms with Gasteiger partial charge in [0.1, 0.15) is 10.8 Å². The minimum atomic E-state index is -0.443. The van der Waals surface area contributed by atoms with E-state index in [1.807, 2.05) is 5.38 Å². The molecule has 1 fully saturated rings. The minimum Gasteiger partial charge on any atom is -0.323 e. The zero-order chi connectivity index (χ0) is 20.9. The van der Waals surface area contributed by atoms with Crippen LogP contribution in [-0.2, 0) is 17.8 Å². The zero-order valence-corrected chi connectivity index (χ0v) is 17.8. The number of anilines is 1. The number of benzene rings is 2. The van der Waals surface area contributed by atoms with Crippen LogP contribution in [0.5, 0.6) is 0 Å². The number of piperazine rings is 1. The first-order chi connectivity index (χ1) is 14.6. The molecule has 2 heterocycles. The third-order valence-corrected chi connectivity index (χ3v) is 6.18. The second-order valence-corrected chi connectivity index (χ2v) is 8.48. The molecule has 0 aliphatic carbocycles. The maximum Gasteiger partial charge on any atom is 0.230 e. The topological polar surface area (TPSA) is 48.5 Å². The molecule has 1 aliphatic rings. The molecule has 3 aromatic rings. The van der Waals surface area contributed by atoms with Crippen molar-refractivity contribution in [3.63, 3.8) is 0 Å². The molecule has 0 spiro atoms. The minimum absolute atomic E-state index is 0.117. The van der Waals surface area contributed by atoms with Crippen LogP contribution >= 0.6 is 11.3 Å². The smallest absolute Gasteiger partial charge is 0.230 e. The predicted octanol–water partition coefficient (Wildman–Crippen LogP) is 3.88. The van der Waals surface area contributed by atoms with Gasteiger partial charge >= 0.3 is 0 Å². The Morgan fingerprint density at radius 1 is 1.10 bits per heavy atom. The van der Waals surface area contributed by atoms with Crippen molar-refractivity contribution < 1.29 is 9.18 Å². The highest BCUT2D eigenvalue weighted by Gasteiger charge is 2.14. The van der Waals surface area contributed by atoms with Crippen LogP contribution in [0.25, 0.3) is 10.6 Å². The van der Waals surface area contributed by atoms with E-state index in [4.69, 9.17) is 0 Å². The van der Waals surface area contributed by atoms with Gasteiger partial charge < -0.3 is 10.2 Å². The summed E-state index contributed by atoms with van der Waals surface area (Å²) >= 11 is 1.51. The van der Waals surface area contributed by atoms with E-state index < -0.39 is 5.82 Å². The second kappa shape index (κ2) is 9.47. The van der Waals surface area contributed by atoms with Gasteiger partial charge in [-0.15, -0.1) is 11.3 Å². The van der Waals surface area contributed by atoms with Crippen molar-refractivity contribution in [3.05, 3.63) is 71.0 Å². The molecule has 5 nitrogen and oxygen atoms in total. The number of likely N-dealkylation sites (N-methyl/N-ethyl adjacent to an activating group) is 1. The summed E-state index contributed by atoms with van der Waals surface area (Å²) in [6.45, 7) is 5.40. The summed E-state index contributed by atoms with van der Waals surface area (Å²) in [6.07, 6.45) is 0.117. The molecule has 7 heteroatoms. The Balaban J connectivity index is 1.34. The molecule has 0 radical (unpaired) electrons. The molecule has 1 N–H and O–H groups in total. The number of thiazole rings is 1. The first-order valence-electron chi connectivity index (χ1n) is 10.1. The lowest BCUT2D eigenvalue weighted by molar-refractivity contribution is -0.115. The van der Waals surface area contributed by atoms with Gasteiger partial charge in [-0.1, -0.05) is 36.4 Å². The number of halogens is 1. The molecule has 0 bridgehead atoms. The number of para-hydroxylation sites is 1. The first kappa shape index (κ1) is 20.7. The molecule has 156 valence electrons. The van der Waals surface area contributed by atoms with Gasteiger partial charge in [-0.3, -0.25) is 9.69 Å². The van der Waals surface area contributed by atoms with E-state index in [1.165, 1.54) is 23.0 Å². The van der Waals surface area contributed by atoms with Gasteiger partial charge in [0.25, 0.3) is 0 Å². The van der Waals surface area contributed by atoms with Gasteiger partial charge in [-0.25, -0.2) is 9.37 Å². The van der Waals surface area contributed by atoms with Gasteiger partial charge in [0, 0.05) is 43.7 Å². The Kier molecular flexibility index (Phi) is 6.52. The van der Waals surface area contributed by atoms with Gasteiger partial charge in [0.15, 0.2) is 0 Å². The molecule has 1 saturated heterocycles. The van der Waals surface area contributed by atoms with Crippen LogP contribution in [0, 0.1) is 5.82 Å². The summed E-state index contributed by atoms with van der Waals surface area (Å²) in [5, 5.41) is 5.37. The van der Waals surface area contributed by atoms with Crippen LogP contribution in [0.1, 0.15) is 11.3 Å². The van der Waals surface area contributed by atoms with Gasteiger partial charge in [0.05, 0.1) is 17.8 Å². The van der Waals surface area contributed by atoms with E-state index in [9.17, 15) is 9.18 Å². The van der Waals surface area contributed by atoms with Crippen molar-refractivity contribution >= 4 is 22.9 Å². The molecule has 2 aromatic carbocycles. The molecule has 0 atom stereocenters. The SMILES string of the molecule is CN1CCN(Cc2ccc(-c3nc(CC(=O)Nc4ccccc4F)cs3)cc2)CC1. The van der Waals surface area contributed by atoms with E-state index in [1.54, 1.807) is 18.2 Å². The van der Waals surface area contributed by atoms with Crippen LogP contribution in [0.15, 0.2) is 53.9 Å². The third kappa shape index (κ3) is 5.30. The van der Waals surface area contributed by atoms with Crippen LogP contribution in [-0.4, -0.2) is 53.9 Å². The molecular weight excluding hydrogens is 399 g/mol. The monoisotopic (exact) mass is 424 g/mol. The molecule has 0 unspecified atom stereocenters. The molecule has 4 rings (SSSR count). The Hall–Kier alpha value is -2.61. The lowest BCUT2D eigenvalue weighted by Gasteiger charge is -2.32. The maximum atomic E-state index is 13.7. The number of amides is 1. The summed E-state index contributed by atoms with van der Waals surface area (Å²) in [4.78, 5) is 21.6. The van der Waals surface area contributed by atoms with Crippen LogP contribution in [0.3, 0.4) is 0 Å². The maximum absolute atomic E-state index is 13.7. The van der Waals surface area contributed by atoms with Crippen molar-refractivity contribution in [1.29, 1.82) is 0 Å². The van der Waals surface area contributed by atoms with Crippen molar-refractivity contribution in [1.82, 2.24) is 14.8 Å². The van der Waals surface area contributed by atoms with Crippen molar-refractivity contribution in [2.24, 2.45) is 0 Å². The highest BCUT2D eigenvalue weighted by molar-refractivity contribution is 7.13. The highest BCUT2D eigenvalue weighted by Crippen LogP contribution is 2.25. The summed E-state index contributed by atoms with van der Waals surface area (Å²) in [5.41, 5.74) is 3.21. The van der Waals surface area contributed by atoms with Crippen molar-refractivity contribution in [2.75, 3.05) is 38.5 Å². The quantitative estimate of drug-likeness (QED) is 0.653. The fraction of sp³-hybridized carbons (Fsp3) is 0.304. The van der Waals surface area contributed by atoms with E-state index in [0.29, 0.717) is 5.69 Å². The summed E-state index contributed by atoms with van der Waals surface area (Å²) in [6, 6.07) is 14.6. The molecule has 30 heavy (non-hydrogen) atoms. The molecular formula is C23H25FN4OS. The van der Waals surface area contributed by atoms with Crippen LogP contribution in [0.2, 0.25) is 0 Å². The third-order valence-electron chi connectivity index (χ3n) is 5.24. The van der Waals surface area contributed by atoms with E-state index in [-0.39, 0.29) is 18.0 Å². The first-order valence-corrected chi connectivity index (χ1v) is 10.9. The average Bonchev–Trinajstić information content (AvgIpc) is 3.20.